The number of anilines is 2. The third-order valence-electron chi connectivity index (χ3n) is 2.74. The minimum atomic E-state index is -0.0521. The second kappa shape index (κ2) is 7.02. The number of aromatic nitrogens is 3. The largest absolute Gasteiger partial charge is 0.461 e. The van der Waals surface area contributed by atoms with Crippen molar-refractivity contribution in [1.82, 2.24) is 20.3 Å². The Labute approximate surface area is 123 Å². The number of carbonyl (C=O) groups excluding carboxylic acids is 1. The number of ether oxygens (including phenoxy) is 1. The van der Waals surface area contributed by atoms with Crippen LogP contribution in [-0.2, 0) is 4.79 Å². The number of hydrogen-bond acceptors (Lipinski definition) is 8. The van der Waals surface area contributed by atoms with Crippen molar-refractivity contribution in [3.63, 3.8) is 0 Å². The van der Waals surface area contributed by atoms with Crippen LogP contribution in [0.3, 0.4) is 0 Å². The molecule has 1 aromatic rings. The molecule has 1 aromatic heterocycles. The summed E-state index contributed by atoms with van der Waals surface area (Å²) >= 11 is 0. The predicted octanol–water partition coefficient (Wildman–Crippen LogP) is -0.117. The highest BCUT2D eigenvalue weighted by Gasteiger charge is 2.28. The van der Waals surface area contributed by atoms with Gasteiger partial charge in [0.1, 0.15) is 0 Å². The van der Waals surface area contributed by atoms with Crippen LogP contribution in [0.1, 0.15) is 26.7 Å². The van der Waals surface area contributed by atoms with Crippen LogP contribution in [0.25, 0.3) is 0 Å². The molecule has 21 heavy (non-hydrogen) atoms. The van der Waals surface area contributed by atoms with Gasteiger partial charge in [0.2, 0.25) is 17.8 Å². The van der Waals surface area contributed by atoms with Gasteiger partial charge in [-0.2, -0.15) is 15.0 Å². The van der Waals surface area contributed by atoms with Gasteiger partial charge in [-0.25, -0.2) is 5.84 Å². The van der Waals surface area contributed by atoms with Crippen molar-refractivity contribution < 1.29 is 9.53 Å². The molecule has 2 rings (SSSR count). The van der Waals surface area contributed by atoms with Gasteiger partial charge in [-0.05, 0) is 26.7 Å². The Balaban J connectivity index is 1.84. The maximum atomic E-state index is 11.5. The number of amides is 1. The summed E-state index contributed by atoms with van der Waals surface area (Å²) in [6.45, 7) is 4.76. The number of hydrazine groups is 1. The second-order valence-electron chi connectivity index (χ2n) is 5.07. The van der Waals surface area contributed by atoms with Crippen molar-refractivity contribution in [3.8, 4) is 6.01 Å². The molecule has 0 radical (unpaired) electrons. The normalized spacial score (nSPS) is 13.9. The third kappa shape index (κ3) is 5.03. The Morgan fingerprint density at radius 1 is 1.29 bits per heavy atom. The fraction of sp³-hybridized carbons (Fsp3) is 0.667. The maximum absolute atomic E-state index is 11.5. The van der Waals surface area contributed by atoms with Crippen LogP contribution in [0, 0.1) is 5.92 Å². The van der Waals surface area contributed by atoms with E-state index in [4.69, 9.17) is 10.6 Å². The smallest absolute Gasteiger partial charge is 0.323 e. The molecule has 0 atom stereocenters. The topological polar surface area (TPSA) is 127 Å². The second-order valence-corrected chi connectivity index (χ2v) is 5.07. The molecule has 1 saturated carbocycles. The molecule has 0 aliphatic heterocycles. The van der Waals surface area contributed by atoms with Gasteiger partial charge in [0.15, 0.2) is 0 Å². The van der Waals surface area contributed by atoms with E-state index in [1.807, 2.05) is 13.8 Å². The van der Waals surface area contributed by atoms with E-state index in [9.17, 15) is 4.79 Å². The van der Waals surface area contributed by atoms with E-state index < -0.39 is 0 Å². The van der Waals surface area contributed by atoms with Gasteiger partial charge in [-0.1, -0.05) is 0 Å². The first-order valence-electron chi connectivity index (χ1n) is 6.99. The number of rotatable bonds is 8. The minimum Gasteiger partial charge on any atom is -0.461 e. The molecule has 1 heterocycles. The maximum Gasteiger partial charge on any atom is 0.323 e. The summed E-state index contributed by atoms with van der Waals surface area (Å²) in [5, 5.41) is 5.84. The summed E-state index contributed by atoms with van der Waals surface area (Å²) in [5.41, 5.74) is 2.36. The van der Waals surface area contributed by atoms with Gasteiger partial charge in [-0.3, -0.25) is 10.2 Å². The molecule has 0 bridgehead atoms. The molecule has 1 aliphatic carbocycles. The standard InChI is InChI=1S/C12H21N7O2/c1-7(2)21-12-17-10(16-11(18-12)19-13)15-6-5-14-9(20)8-3-4-8/h7-8H,3-6,13H2,1-2H3,(H,14,20)(H2,15,16,17,18,19). The number of nitrogen functional groups attached to an aromatic ring is 1. The van der Waals surface area contributed by atoms with Crippen molar-refractivity contribution in [2.45, 2.75) is 32.8 Å². The number of hydrogen-bond donors (Lipinski definition) is 4. The van der Waals surface area contributed by atoms with Crippen molar-refractivity contribution >= 4 is 17.8 Å². The van der Waals surface area contributed by atoms with Gasteiger partial charge < -0.3 is 15.4 Å². The average molecular weight is 295 g/mol. The Morgan fingerprint density at radius 2 is 2.00 bits per heavy atom. The summed E-state index contributed by atoms with van der Waals surface area (Å²) in [6.07, 6.45) is 1.94. The van der Waals surface area contributed by atoms with Gasteiger partial charge in [0.25, 0.3) is 0 Å². The SMILES string of the molecule is CC(C)Oc1nc(NN)nc(NCCNC(=O)C2CC2)n1. The van der Waals surface area contributed by atoms with E-state index in [2.05, 4.69) is 31.0 Å². The van der Waals surface area contributed by atoms with Gasteiger partial charge in [0, 0.05) is 19.0 Å². The van der Waals surface area contributed by atoms with E-state index in [0.29, 0.717) is 19.0 Å². The molecule has 0 saturated heterocycles. The molecule has 0 spiro atoms. The molecule has 0 unspecified atom stereocenters. The van der Waals surface area contributed by atoms with Gasteiger partial charge in [0.05, 0.1) is 6.10 Å². The first-order chi connectivity index (χ1) is 10.1. The van der Waals surface area contributed by atoms with E-state index in [0.717, 1.165) is 12.8 Å². The molecular formula is C12H21N7O2. The zero-order valence-corrected chi connectivity index (χ0v) is 12.2. The molecule has 9 heteroatoms. The quantitative estimate of drug-likeness (QED) is 0.297. The van der Waals surface area contributed by atoms with Crippen molar-refractivity contribution in [1.29, 1.82) is 0 Å². The summed E-state index contributed by atoms with van der Waals surface area (Å²) in [7, 11) is 0. The molecule has 1 amide bonds. The van der Waals surface area contributed by atoms with Crippen LogP contribution < -0.4 is 26.6 Å². The molecule has 5 N–H and O–H groups in total. The Kier molecular flexibility index (Phi) is 5.09. The molecule has 9 nitrogen and oxygen atoms in total. The van der Waals surface area contributed by atoms with Crippen LogP contribution in [0.2, 0.25) is 0 Å². The molecule has 116 valence electrons. The molecule has 1 aliphatic rings. The zero-order valence-electron chi connectivity index (χ0n) is 12.2. The third-order valence-corrected chi connectivity index (χ3v) is 2.74. The minimum absolute atomic E-state index is 0.0521. The number of nitrogens with zero attached hydrogens (tertiary/aromatic N) is 3. The van der Waals surface area contributed by atoms with E-state index in [1.54, 1.807) is 0 Å². The number of nitrogens with one attached hydrogen (secondary N) is 3. The summed E-state index contributed by atoms with van der Waals surface area (Å²) in [4.78, 5) is 23.6. The number of carbonyl (C=O) groups is 1. The lowest BCUT2D eigenvalue weighted by Crippen LogP contribution is -2.30. The van der Waals surface area contributed by atoms with E-state index >= 15 is 0 Å². The lowest BCUT2D eigenvalue weighted by molar-refractivity contribution is -0.122. The lowest BCUT2D eigenvalue weighted by atomic mass is 10.4. The highest BCUT2D eigenvalue weighted by atomic mass is 16.5. The van der Waals surface area contributed by atoms with Crippen LogP contribution in [0.4, 0.5) is 11.9 Å². The van der Waals surface area contributed by atoms with Gasteiger partial charge >= 0.3 is 6.01 Å². The fourth-order valence-corrected chi connectivity index (χ4v) is 1.61. The summed E-state index contributed by atoms with van der Waals surface area (Å²) < 4.78 is 5.41. The Bertz CT molecular complexity index is 490. The van der Waals surface area contributed by atoms with Crippen molar-refractivity contribution in [2.24, 2.45) is 11.8 Å². The first kappa shape index (κ1) is 15.2. The average Bonchev–Trinajstić information content (AvgIpc) is 3.27. The first-order valence-corrected chi connectivity index (χ1v) is 6.99. The monoisotopic (exact) mass is 295 g/mol. The van der Waals surface area contributed by atoms with Crippen molar-refractivity contribution in [3.05, 3.63) is 0 Å². The lowest BCUT2D eigenvalue weighted by Gasteiger charge is -2.11. The van der Waals surface area contributed by atoms with Crippen LogP contribution >= 0.6 is 0 Å². The van der Waals surface area contributed by atoms with E-state index in [-0.39, 0.29) is 29.9 Å². The van der Waals surface area contributed by atoms with Crippen LogP contribution in [0.15, 0.2) is 0 Å². The summed E-state index contributed by atoms with van der Waals surface area (Å²) in [5.74, 6) is 6.19. The predicted molar refractivity (Wildman–Crippen MR) is 77.6 cm³/mol. The highest BCUT2D eigenvalue weighted by molar-refractivity contribution is 5.80. The van der Waals surface area contributed by atoms with Crippen LogP contribution in [-0.4, -0.2) is 40.1 Å². The number of nitrogens with two attached hydrogens (primary N) is 1. The summed E-state index contributed by atoms with van der Waals surface area (Å²) in [6, 6.07) is 0.192. The molecule has 1 fully saturated rings. The van der Waals surface area contributed by atoms with E-state index in [1.165, 1.54) is 0 Å². The molecule has 0 aromatic carbocycles. The zero-order chi connectivity index (χ0) is 15.2. The molecular weight excluding hydrogens is 274 g/mol. The Hall–Kier alpha value is -2.16. The fourth-order valence-electron chi connectivity index (χ4n) is 1.61. The van der Waals surface area contributed by atoms with Crippen LogP contribution in [0.5, 0.6) is 6.01 Å². The van der Waals surface area contributed by atoms with Crippen molar-refractivity contribution in [2.75, 3.05) is 23.8 Å². The highest BCUT2D eigenvalue weighted by Crippen LogP contribution is 2.28. The van der Waals surface area contributed by atoms with Gasteiger partial charge in [-0.15, -0.1) is 0 Å². The Morgan fingerprint density at radius 3 is 2.62 bits per heavy atom.